The van der Waals surface area contributed by atoms with E-state index in [0.717, 1.165) is 4.90 Å². The van der Waals surface area contributed by atoms with E-state index in [1.54, 1.807) is 6.92 Å². The second kappa shape index (κ2) is 5.11. The molecule has 1 N–H and O–H groups in total. The van der Waals surface area contributed by atoms with Gasteiger partial charge in [0.15, 0.2) is 5.82 Å². The number of hydrogen-bond donors (Lipinski definition) is 1. The fraction of sp³-hybridized carbons (Fsp3) is 0.556. The molecule has 1 aromatic rings. The average Bonchev–Trinajstić information content (AvgIpc) is 2.25. The van der Waals surface area contributed by atoms with Gasteiger partial charge in [-0.1, -0.05) is 0 Å². The molecule has 0 fully saturated rings. The highest BCUT2D eigenvalue weighted by Gasteiger charge is 2.30. The normalized spacial score (nSPS) is 11.6. The molecule has 0 aliphatic heterocycles. The Morgan fingerprint density at radius 3 is 2.38 bits per heavy atom. The van der Waals surface area contributed by atoms with E-state index in [1.165, 1.54) is 12.1 Å². The van der Waals surface area contributed by atoms with E-state index in [2.05, 4.69) is 10.2 Å². The third-order valence-corrected chi connectivity index (χ3v) is 1.94. The zero-order chi connectivity index (χ0) is 12.2. The number of alkyl halides is 3. The molecule has 0 atom stereocenters. The van der Waals surface area contributed by atoms with Crippen LogP contribution in [0.15, 0.2) is 12.1 Å². The van der Waals surface area contributed by atoms with E-state index < -0.39 is 12.7 Å². The number of rotatable bonds is 4. The fourth-order valence-corrected chi connectivity index (χ4v) is 1.18. The molecule has 0 spiro atoms. The largest absolute Gasteiger partial charge is 0.405 e. The average molecular weight is 235 g/mol. The van der Waals surface area contributed by atoms with E-state index in [0.29, 0.717) is 5.69 Å². The maximum Gasteiger partial charge on any atom is 0.405 e. The lowest BCUT2D eigenvalue weighted by atomic mass is 10.3. The molecule has 0 unspecified atom stereocenters. The molecule has 0 radical (unpaired) electrons. The molecule has 0 saturated carbocycles. The Bertz CT molecular complexity index is 326. The molecule has 0 aromatic carbocycles. The van der Waals surface area contributed by atoms with Crippen molar-refractivity contribution in [3.05, 3.63) is 17.8 Å². The van der Waals surface area contributed by atoms with E-state index in [4.69, 9.17) is 5.11 Å². The molecular weight excluding hydrogens is 223 g/mol. The van der Waals surface area contributed by atoms with E-state index in [1.807, 2.05) is 0 Å². The Kier molecular flexibility index (Phi) is 4.05. The van der Waals surface area contributed by atoms with Crippen molar-refractivity contribution in [1.29, 1.82) is 0 Å². The predicted molar refractivity (Wildman–Crippen MR) is 51.9 cm³/mol. The minimum Gasteiger partial charge on any atom is -0.390 e. The summed E-state index contributed by atoms with van der Waals surface area (Å²) in [7, 11) is 0. The lowest BCUT2D eigenvalue weighted by Gasteiger charge is -2.22. The van der Waals surface area contributed by atoms with E-state index in [-0.39, 0.29) is 19.0 Å². The van der Waals surface area contributed by atoms with Crippen LogP contribution in [0, 0.1) is 0 Å². The van der Waals surface area contributed by atoms with Gasteiger partial charge < -0.3 is 10.0 Å². The van der Waals surface area contributed by atoms with Gasteiger partial charge in [0.05, 0.1) is 12.3 Å². The van der Waals surface area contributed by atoms with Gasteiger partial charge in [0.2, 0.25) is 0 Å². The first kappa shape index (κ1) is 12.7. The number of halogens is 3. The van der Waals surface area contributed by atoms with Gasteiger partial charge in [-0.25, -0.2) is 0 Å². The zero-order valence-corrected chi connectivity index (χ0v) is 8.70. The highest BCUT2D eigenvalue weighted by Crippen LogP contribution is 2.19. The maximum atomic E-state index is 12.2. The van der Waals surface area contributed by atoms with Gasteiger partial charge in [0.25, 0.3) is 0 Å². The molecule has 1 aromatic heterocycles. The van der Waals surface area contributed by atoms with Gasteiger partial charge in [-0.2, -0.15) is 18.3 Å². The Morgan fingerprint density at radius 2 is 2.00 bits per heavy atom. The molecule has 0 amide bonds. The molecule has 16 heavy (non-hydrogen) atoms. The first-order valence-corrected chi connectivity index (χ1v) is 4.71. The van der Waals surface area contributed by atoms with Crippen molar-refractivity contribution in [2.45, 2.75) is 19.7 Å². The second-order valence-electron chi connectivity index (χ2n) is 3.17. The Morgan fingerprint density at radius 1 is 1.31 bits per heavy atom. The van der Waals surface area contributed by atoms with Crippen molar-refractivity contribution in [1.82, 2.24) is 10.2 Å². The topological polar surface area (TPSA) is 49.2 Å². The quantitative estimate of drug-likeness (QED) is 0.856. The van der Waals surface area contributed by atoms with Gasteiger partial charge in [0.1, 0.15) is 6.54 Å². The standard InChI is InChI=1S/C9H12F3N3O/c1-2-15(6-9(10,11)12)8-4-3-7(5-16)13-14-8/h3-4,16H,2,5-6H2,1H3. The van der Waals surface area contributed by atoms with Crippen LogP contribution in [0.5, 0.6) is 0 Å². The van der Waals surface area contributed by atoms with Crippen molar-refractivity contribution < 1.29 is 18.3 Å². The summed E-state index contributed by atoms with van der Waals surface area (Å²) in [6.45, 7) is 0.454. The van der Waals surface area contributed by atoms with Gasteiger partial charge in [-0.3, -0.25) is 0 Å². The molecule has 1 rings (SSSR count). The summed E-state index contributed by atoms with van der Waals surface area (Å²) in [6.07, 6.45) is -4.27. The van der Waals surface area contributed by atoms with Crippen LogP contribution in [0.3, 0.4) is 0 Å². The third kappa shape index (κ3) is 3.65. The summed E-state index contributed by atoms with van der Waals surface area (Å²) in [4.78, 5) is 1.06. The van der Waals surface area contributed by atoms with Crippen LogP contribution in [-0.2, 0) is 6.61 Å². The molecule has 0 saturated heterocycles. The first-order valence-electron chi connectivity index (χ1n) is 4.71. The maximum absolute atomic E-state index is 12.2. The molecule has 1 heterocycles. The van der Waals surface area contributed by atoms with Crippen molar-refractivity contribution in [3.8, 4) is 0 Å². The Labute approximate surface area is 90.7 Å². The first-order chi connectivity index (χ1) is 7.46. The molecule has 4 nitrogen and oxygen atoms in total. The highest BCUT2D eigenvalue weighted by molar-refractivity contribution is 5.37. The van der Waals surface area contributed by atoms with Crippen LogP contribution >= 0.6 is 0 Å². The second-order valence-corrected chi connectivity index (χ2v) is 3.17. The van der Waals surface area contributed by atoms with Gasteiger partial charge >= 0.3 is 6.18 Å². The summed E-state index contributed by atoms with van der Waals surface area (Å²) in [5.74, 6) is 0.150. The van der Waals surface area contributed by atoms with E-state index in [9.17, 15) is 13.2 Å². The van der Waals surface area contributed by atoms with E-state index >= 15 is 0 Å². The third-order valence-electron chi connectivity index (χ3n) is 1.94. The van der Waals surface area contributed by atoms with Crippen molar-refractivity contribution in [2.24, 2.45) is 0 Å². The highest BCUT2D eigenvalue weighted by atomic mass is 19.4. The minimum absolute atomic E-state index is 0.150. The molecule has 0 aliphatic carbocycles. The summed E-state index contributed by atoms with van der Waals surface area (Å²) in [6, 6.07) is 2.86. The van der Waals surface area contributed by atoms with Crippen LogP contribution in [0.4, 0.5) is 19.0 Å². The van der Waals surface area contributed by atoms with Crippen LogP contribution in [0.25, 0.3) is 0 Å². The van der Waals surface area contributed by atoms with Gasteiger partial charge in [0, 0.05) is 6.54 Å². The van der Waals surface area contributed by atoms with Gasteiger partial charge in [-0.05, 0) is 19.1 Å². The number of nitrogens with zero attached hydrogens (tertiary/aromatic N) is 3. The van der Waals surface area contributed by atoms with Crippen LogP contribution < -0.4 is 4.90 Å². The van der Waals surface area contributed by atoms with Crippen molar-refractivity contribution >= 4 is 5.82 Å². The smallest absolute Gasteiger partial charge is 0.390 e. The lowest BCUT2D eigenvalue weighted by molar-refractivity contribution is -0.119. The van der Waals surface area contributed by atoms with Crippen LogP contribution in [0.2, 0.25) is 0 Å². The number of aromatic nitrogens is 2. The molecule has 90 valence electrons. The molecule has 0 bridgehead atoms. The summed E-state index contributed by atoms with van der Waals surface area (Å²) >= 11 is 0. The number of hydrogen-bond acceptors (Lipinski definition) is 4. The Balaban J connectivity index is 2.79. The predicted octanol–water partition coefficient (Wildman–Crippen LogP) is 1.36. The summed E-state index contributed by atoms with van der Waals surface area (Å²) in [5, 5.41) is 15.9. The lowest BCUT2D eigenvalue weighted by Crippen LogP contribution is -2.34. The summed E-state index contributed by atoms with van der Waals surface area (Å²) < 4.78 is 36.6. The molecule has 7 heteroatoms. The Hall–Kier alpha value is -1.37. The number of aliphatic hydroxyl groups is 1. The fourth-order valence-electron chi connectivity index (χ4n) is 1.18. The SMILES string of the molecule is CCN(CC(F)(F)F)c1ccc(CO)nn1. The monoisotopic (exact) mass is 235 g/mol. The van der Waals surface area contributed by atoms with Crippen LogP contribution in [0.1, 0.15) is 12.6 Å². The van der Waals surface area contributed by atoms with Gasteiger partial charge in [-0.15, -0.1) is 5.10 Å². The number of anilines is 1. The molecule has 0 aliphatic rings. The van der Waals surface area contributed by atoms with Crippen molar-refractivity contribution in [3.63, 3.8) is 0 Å². The number of aliphatic hydroxyl groups excluding tert-OH is 1. The summed E-state index contributed by atoms with van der Waals surface area (Å²) in [5.41, 5.74) is 0.326. The minimum atomic E-state index is -4.27. The molecular formula is C9H12F3N3O. The zero-order valence-electron chi connectivity index (χ0n) is 8.70. The van der Waals surface area contributed by atoms with Crippen molar-refractivity contribution in [2.75, 3.05) is 18.0 Å². The van der Waals surface area contributed by atoms with Crippen LogP contribution in [-0.4, -0.2) is 34.6 Å².